The van der Waals surface area contributed by atoms with Gasteiger partial charge in [-0.1, -0.05) is 23.7 Å². The standard InChI is InChI=1S/C16H23ClN4/c1-11(2)21(9-13-6-5-7-14(18)8-13)10-15-16(17)12(3)19-20(15)4/h5-8,11H,9-10,18H2,1-4H3. The normalized spacial score (nSPS) is 11.6. The molecule has 0 bridgehead atoms. The highest BCUT2D eigenvalue weighted by molar-refractivity contribution is 6.31. The smallest absolute Gasteiger partial charge is 0.0860 e. The summed E-state index contributed by atoms with van der Waals surface area (Å²) in [5.74, 6) is 0. The lowest BCUT2D eigenvalue weighted by molar-refractivity contribution is 0.198. The van der Waals surface area contributed by atoms with Crippen LogP contribution in [0.3, 0.4) is 0 Å². The number of aromatic nitrogens is 2. The van der Waals surface area contributed by atoms with Gasteiger partial charge in [-0.2, -0.15) is 5.10 Å². The van der Waals surface area contributed by atoms with Crippen molar-refractivity contribution in [3.63, 3.8) is 0 Å². The van der Waals surface area contributed by atoms with E-state index in [1.54, 1.807) is 0 Å². The number of aryl methyl sites for hydroxylation is 2. The van der Waals surface area contributed by atoms with E-state index >= 15 is 0 Å². The summed E-state index contributed by atoms with van der Waals surface area (Å²) in [5.41, 5.74) is 9.79. The minimum absolute atomic E-state index is 0.401. The molecule has 114 valence electrons. The Balaban J connectivity index is 2.20. The van der Waals surface area contributed by atoms with Crippen molar-refractivity contribution < 1.29 is 0 Å². The molecule has 2 rings (SSSR count). The van der Waals surface area contributed by atoms with E-state index in [9.17, 15) is 0 Å². The maximum atomic E-state index is 6.36. The molecule has 1 aromatic carbocycles. The van der Waals surface area contributed by atoms with Crippen LogP contribution in [0.5, 0.6) is 0 Å². The lowest BCUT2D eigenvalue weighted by Gasteiger charge is -2.26. The van der Waals surface area contributed by atoms with Crippen LogP contribution in [0.4, 0.5) is 5.69 Å². The van der Waals surface area contributed by atoms with Crippen molar-refractivity contribution in [3.05, 3.63) is 46.2 Å². The fourth-order valence-corrected chi connectivity index (χ4v) is 2.61. The summed E-state index contributed by atoms with van der Waals surface area (Å²) in [5, 5.41) is 5.14. The predicted molar refractivity (Wildman–Crippen MR) is 88.2 cm³/mol. The SMILES string of the molecule is Cc1nn(C)c(CN(Cc2cccc(N)c2)C(C)C)c1Cl. The fourth-order valence-electron chi connectivity index (χ4n) is 2.39. The highest BCUT2D eigenvalue weighted by Gasteiger charge is 2.17. The van der Waals surface area contributed by atoms with Crippen LogP contribution in [-0.4, -0.2) is 20.7 Å². The Kier molecular flexibility index (Phi) is 4.91. The third-order valence-corrected chi connectivity index (χ3v) is 4.17. The fraction of sp³-hybridized carbons (Fsp3) is 0.438. The van der Waals surface area contributed by atoms with Gasteiger partial charge in [0.15, 0.2) is 0 Å². The molecule has 0 atom stereocenters. The monoisotopic (exact) mass is 306 g/mol. The first kappa shape index (κ1) is 15.9. The molecule has 0 spiro atoms. The number of benzene rings is 1. The van der Waals surface area contributed by atoms with Crippen LogP contribution < -0.4 is 5.73 Å². The Labute approximate surface area is 131 Å². The van der Waals surface area contributed by atoms with Gasteiger partial charge in [-0.3, -0.25) is 9.58 Å². The molecule has 0 aliphatic heterocycles. The first-order chi connectivity index (χ1) is 9.88. The molecule has 0 radical (unpaired) electrons. The quantitative estimate of drug-likeness (QED) is 0.862. The second-order valence-electron chi connectivity index (χ2n) is 5.71. The average molecular weight is 307 g/mol. The molecule has 0 unspecified atom stereocenters. The van der Waals surface area contributed by atoms with E-state index in [1.807, 2.05) is 36.9 Å². The Morgan fingerprint density at radius 2 is 2.05 bits per heavy atom. The second-order valence-corrected chi connectivity index (χ2v) is 6.09. The highest BCUT2D eigenvalue weighted by atomic mass is 35.5. The second kappa shape index (κ2) is 6.50. The van der Waals surface area contributed by atoms with Crippen molar-refractivity contribution in [3.8, 4) is 0 Å². The number of halogens is 1. The summed E-state index contributed by atoms with van der Waals surface area (Å²) in [6.45, 7) is 7.90. The average Bonchev–Trinajstić information content (AvgIpc) is 2.64. The molecule has 5 heteroatoms. The van der Waals surface area contributed by atoms with E-state index in [0.29, 0.717) is 6.04 Å². The van der Waals surface area contributed by atoms with Crippen LogP contribution in [0.25, 0.3) is 0 Å². The summed E-state index contributed by atoms with van der Waals surface area (Å²) in [4.78, 5) is 2.36. The Hall–Kier alpha value is -1.52. The topological polar surface area (TPSA) is 47.1 Å². The largest absolute Gasteiger partial charge is 0.399 e. The predicted octanol–water partition coefficient (Wildman–Crippen LogP) is 3.37. The molecule has 0 fully saturated rings. The number of rotatable bonds is 5. The molecule has 0 amide bonds. The van der Waals surface area contributed by atoms with Gasteiger partial charge < -0.3 is 5.73 Å². The van der Waals surface area contributed by atoms with Gasteiger partial charge in [0.2, 0.25) is 0 Å². The maximum absolute atomic E-state index is 6.36. The number of nitrogens with two attached hydrogens (primary N) is 1. The number of hydrogen-bond donors (Lipinski definition) is 1. The molecule has 4 nitrogen and oxygen atoms in total. The Morgan fingerprint density at radius 1 is 1.33 bits per heavy atom. The van der Waals surface area contributed by atoms with Gasteiger partial charge in [-0.05, 0) is 38.5 Å². The van der Waals surface area contributed by atoms with Crippen molar-refractivity contribution in [1.29, 1.82) is 0 Å². The highest BCUT2D eigenvalue weighted by Crippen LogP contribution is 2.23. The molecule has 21 heavy (non-hydrogen) atoms. The number of hydrogen-bond acceptors (Lipinski definition) is 3. The van der Waals surface area contributed by atoms with Gasteiger partial charge >= 0.3 is 0 Å². The Bertz CT molecular complexity index is 619. The zero-order valence-electron chi connectivity index (χ0n) is 13.1. The van der Waals surface area contributed by atoms with Crippen molar-refractivity contribution in [2.45, 2.75) is 39.9 Å². The van der Waals surface area contributed by atoms with E-state index in [0.717, 1.165) is 35.2 Å². The first-order valence-electron chi connectivity index (χ1n) is 7.15. The molecule has 2 N–H and O–H groups in total. The van der Waals surface area contributed by atoms with Crippen molar-refractivity contribution in [2.24, 2.45) is 7.05 Å². The summed E-state index contributed by atoms with van der Waals surface area (Å²) in [7, 11) is 1.94. The van der Waals surface area contributed by atoms with E-state index in [-0.39, 0.29) is 0 Å². The lowest BCUT2D eigenvalue weighted by atomic mass is 10.1. The zero-order valence-corrected chi connectivity index (χ0v) is 13.9. The van der Waals surface area contributed by atoms with Crippen LogP contribution in [-0.2, 0) is 20.1 Å². The van der Waals surface area contributed by atoms with Crippen molar-refractivity contribution >= 4 is 17.3 Å². The van der Waals surface area contributed by atoms with E-state index in [2.05, 4.69) is 29.9 Å². The summed E-state index contributed by atoms with van der Waals surface area (Å²) in [6, 6.07) is 8.42. The van der Waals surface area contributed by atoms with Gasteiger partial charge in [0.05, 0.1) is 16.4 Å². The van der Waals surface area contributed by atoms with Crippen LogP contribution in [0, 0.1) is 6.92 Å². The van der Waals surface area contributed by atoms with E-state index in [1.165, 1.54) is 5.56 Å². The van der Waals surface area contributed by atoms with Crippen LogP contribution in [0.1, 0.15) is 30.8 Å². The third-order valence-electron chi connectivity index (χ3n) is 3.68. The molecular formula is C16H23ClN4. The lowest BCUT2D eigenvalue weighted by Crippen LogP contribution is -2.30. The summed E-state index contributed by atoms with van der Waals surface area (Å²) < 4.78 is 1.87. The summed E-state index contributed by atoms with van der Waals surface area (Å²) >= 11 is 6.36. The molecule has 1 aromatic heterocycles. The van der Waals surface area contributed by atoms with Gasteiger partial charge in [-0.25, -0.2) is 0 Å². The maximum Gasteiger partial charge on any atom is 0.0860 e. The van der Waals surface area contributed by atoms with Gasteiger partial charge in [0, 0.05) is 31.9 Å². The number of nitrogens with zero attached hydrogens (tertiary/aromatic N) is 3. The minimum atomic E-state index is 0.401. The van der Waals surface area contributed by atoms with Gasteiger partial charge in [0.25, 0.3) is 0 Å². The van der Waals surface area contributed by atoms with Gasteiger partial charge in [-0.15, -0.1) is 0 Å². The van der Waals surface area contributed by atoms with E-state index < -0.39 is 0 Å². The van der Waals surface area contributed by atoms with Crippen molar-refractivity contribution in [1.82, 2.24) is 14.7 Å². The Morgan fingerprint density at radius 3 is 2.57 bits per heavy atom. The molecule has 0 aliphatic rings. The third kappa shape index (κ3) is 3.77. The van der Waals surface area contributed by atoms with Crippen LogP contribution >= 0.6 is 11.6 Å². The molecule has 0 saturated carbocycles. The molecule has 2 aromatic rings. The summed E-state index contributed by atoms with van der Waals surface area (Å²) in [6.07, 6.45) is 0. The number of nitrogen functional groups attached to an aromatic ring is 1. The van der Waals surface area contributed by atoms with Crippen molar-refractivity contribution in [2.75, 3.05) is 5.73 Å². The molecule has 1 heterocycles. The van der Waals surface area contributed by atoms with Gasteiger partial charge in [0.1, 0.15) is 0 Å². The molecular weight excluding hydrogens is 284 g/mol. The first-order valence-corrected chi connectivity index (χ1v) is 7.52. The molecule has 0 saturated heterocycles. The molecule has 0 aliphatic carbocycles. The number of anilines is 1. The van der Waals surface area contributed by atoms with Crippen LogP contribution in [0.2, 0.25) is 5.02 Å². The van der Waals surface area contributed by atoms with E-state index in [4.69, 9.17) is 17.3 Å². The zero-order chi connectivity index (χ0) is 15.6. The van der Waals surface area contributed by atoms with Crippen LogP contribution in [0.15, 0.2) is 24.3 Å². The minimum Gasteiger partial charge on any atom is -0.399 e.